The van der Waals surface area contributed by atoms with Crippen molar-refractivity contribution in [2.75, 3.05) is 19.6 Å². The fraction of sp³-hybridized carbons (Fsp3) is 0.579. The van der Waals surface area contributed by atoms with E-state index in [2.05, 4.69) is 10.0 Å². The standard InChI is InChI=1S/C19H24N4O5S/c1-22-15-4-3-11(7-12(15)17(24)23(2)18(22)25)29(26,27)21-8-13-14-9-20-10-19(14)6-5-16(13)28-19/h3-4,7,13-14,16,20-21H,5-6,8-10H2,1-2H3/t13-,14+,16+,19+/m0/s1. The van der Waals surface area contributed by atoms with Crippen LogP contribution in [0.1, 0.15) is 12.8 Å². The molecule has 0 radical (unpaired) electrons. The molecule has 0 saturated carbocycles. The van der Waals surface area contributed by atoms with Crippen LogP contribution in [0.3, 0.4) is 0 Å². The van der Waals surface area contributed by atoms with Crippen molar-refractivity contribution in [2.45, 2.75) is 29.4 Å². The number of nitrogens with one attached hydrogen (secondary N) is 2. The minimum absolute atomic E-state index is 0.0177. The van der Waals surface area contributed by atoms with Gasteiger partial charge >= 0.3 is 5.69 Å². The lowest BCUT2D eigenvalue weighted by Crippen LogP contribution is -2.42. The Morgan fingerprint density at radius 1 is 1.28 bits per heavy atom. The molecule has 1 aromatic heterocycles. The molecule has 3 aliphatic rings. The number of benzene rings is 1. The zero-order chi connectivity index (χ0) is 20.6. The normalized spacial score (nSPS) is 30.9. The van der Waals surface area contributed by atoms with Gasteiger partial charge in [-0.2, -0.15) is 0 Å². The molecular weight excluding hydrogens is 396 g/mol. The number of nitrogens with zero attached hydrogens (tertiary/aromatic N) is 2. The van der Waals surface area contributed by atoms with Gasteiger partial charge in [-0.15, -0.1) is 0 Å². The molecule has 0 aliphatic carbocycles. The van der Waals surface area contributed by atoms with Crippen LogP contribution in [0.4, 0.5) is 0 Å². The first kappa shape index (κ1) is 19.0. The second-order valence-corrected chi connectivity index (χ2v) is 10.2. The zero-order valence-corrected chi connectivity index (χ0v) is 17.2. The zero-order valence-electron chi connectivity index (χ0n) is 16.3. The van der Waals surface area contributed by atoms with Crippen molar-refractivity contribution in [1.29, 1.82) is 0 Å². The minimum atomic E-state index is -3.80. The van der Waals surface area contributed by atoms with Gasteiger partial charge < -0.3 is 10.1 Å². The first-order valence-electron chi connectivity index (χ1n) is 9.81. The van der Waals surface area contributed by atoms with E-state index in [1.165, 1.54) is 29.8 Å². The SMILES string of the molecule is Cn1c(=O)c2cc(S(=O)(=O)NC[C@H]3[C@H]4CNC[C@]45CC[C@H]3O5)ccc2n(C)c1=O. The third-order valence-corrected chi connectivity index (χ3v) is 8.38. The molecule has 5 rings (SSSR count). The molecule has 156 valence electrons. The maximum absolute atomic E-state index is 12.9. The highest BCUT2D eigenvalue weighted by molar-refractivity contribution is 7.89. The Morgan fingerprint density at radius 3 is 2.86 bits per heavy atom. The molecule has 10 heteroatoms. The van der Waals surface area contributed by atoms with E-state index in [4.69, 9.17) is 4.74 Å². The number of fused-ring (bicyclic) bond motifs is 2. The largest absolute Gasteiger partial charge is 0.370 e. The Labute approximate surface area is 167 Å². The summed E-state index contributed by atoms with van der Waals surface area (Å²) in [4.78, 5) is 24.6. The average Bonchev–Trinajstić information content (AvgIpc) is 3.39. The Balaban J connectivity index is 1.44. The van der Waals surface area contributed by atoms with Gasteiger partial charge in [-0.1, -0.05) is 0 Å². The van der Waals surface area contributed by atoms with Gasteiger partial charge in [0.05, 0.1) is 27.5 Å². The molecule has 2 aromatic rings. The lowest BCUT2D eigenvalue weighted by Gasteiger charge is -2.29. The Hall–Kier alpha value is -2.01. The van der Waals surface area contributed by atoms with Crippen molar-refractivity contribution in [3.05, 3.63) is 39.0 Å². The van der Waals surface area contributed by atoms with Crippen LogP contribution in [0.5, 0.6) is 0 Å². The first-order chi connectivity index (χ1) is 13.7. The highest BCUT2D eigenvalue weighted by Crippen LogP contribution is 2.52. The molecule has 0 unspecified atom stereocenters. The van der Waals surface area contributed by atoms with Crippen molar-refractivity contribution in [3.8, 4) is 0 Å². The molecule has 3 saturated heterocycles. The predicted octanol–water partition coefficient (Wildman–Crippen LogP) is -0.717. The van der Waals surface area contributed by atoms with E-state index in [0.29, 0.717) is 18.0 Å². The summed E-state index contributed by atoms with van der Waals surface area (Å²) in [6.45, 7) is 2.00. The maximum atomic E-state index is 12.9. The summed E-state index contributed by atoms with van der Waals surface area (Å²) in [6, 6.07) is 4.28. The average molecular weight is 420 g/mol. The summed E-state index contributed by atoms with van der Waals surface area (Å²) >= 11 is 0. The topological polar surface area (TPSA) is 111 Å². The van der Waals surface area contributed by atoms with E-state index in [-0.39, 0.29) is 27.9 Å². The highest BCUT2D eigenvalue weighted by atomic mass is 32.2. The molecular formula is C19H24N4O5S. The van der Waals surface area contributed by atoms with E-state index in [1.54, 1.807) is 7.05 Å². The van der Waals surface area contributed by atoms with Gasteiger partial charge in [-0.3, -0.25) is 13.9 Å². The first-order valence-corrected chi connectivity index (χ1v) is 11.3. The monoisotopic (exact) mass is 420 g/mol. The quantitative estimate of drug-likeness (QED) is 0.676. The van der Waals surface area contributed by atoms with E-state index in [0.717, 1.165) is 30.5 Å². The Bertz CT molecular complexity index is 1230. The van der Waals surface area contributed by atoms with E-state index in [1.807, 2.05) is 0 Å². The lowest BCUT2D eigenvalue weighted by molar-refractivity contribution is 0.0126. The molecule has 4 heterocycles. The highest BCUT2D eigenvalue weighted by Gasteiger charge is 2.60. The van der Waals surface area contributed by atoms with Crippen LogP contribution in [0.2, 0.25) is 0 Å². The van der Waals surface area contributed by atoms with Gasteiger partial charge in [-0.05, 0) is 31.0 Å². The van der Waals surface area contributed by atoms with Crippen molar-refractivity contribution in [2.24, 2.45) is 25.9 Å². The van der Waals surface area contributed by atoms with Gasteiger partial charge in [0.15, 0.2) is 0 Å². The fourth-order valence-electron chi connectivity index (χ4n) is 5.37. The molecule has 1 aromatic carbocycles. The summed E-state index contributed by atoms with van der Waals surface area (Å²) in [5.74, 6) is 0.463. The van der Waals surface area contributed by atoms with E-state index in [9.17, 15) is 18.0 Å². The Kier molecular flexibility index (Phi) is 4.09. The van der Waals surface area contributed by atoms with E-state index < -0.39 is 21.3 Å². The van der Waals surface area contributed by atoms with Crippen LogP contribution in [0, 0.1) is 11.8 Å². The van der Waals surface area contributed by atoms with Gasteiger partial charge in [0.1, 0.15) is 0 Å². The van der Waals surface area contributed by atoms with Crippen LogP contribution in [-0.2, 0) is 28.9 Å². The third-order valence-electron chi connectivity index (χ3n) is 6.95. The molecule has 1 spiro atoms. The van der Waals surface area contributed by atoms with Crippen LogP contribution >= 0.6 is 0 Å². The second-order valence-electron chi connectivity index (χ2n) is 8.40. The molecule has 2 bridgehead atoms. The summed E-state index contributed by atoms with van der Waals surface area (Å²) in [5.41, 5.74) is -0.689. The van der Waals surface area contributed by atoms with Crippen LogP contribution in [-0.4, -0.2) is 48.9 Å². The molecule has 3 aliphatic heterocycles. The second kappa shape index (κ2) is 6.24. The predicted molar refractivity (Wildman–Crippen MR) is 106 cm³/mol. The third kappa shape index (κ3) is 2.66. The van der Waals surface area contributed by atoms with Gasteiger partial charge in [0, 0.05) is 45.6 Å². The maximum Gasteiger partial charge on any atom is 0.330 e. The van der Waals surface area contributed by atoms with E-state index >= 15 is 0 Å². The van der Waals surface area contributed by atoms with Crippen molar-refractivity contribution in [1.82, 2.24) is 19.2 Å². The summed E-state index contributed by atoms with van der Waals surface area (Å²) in [6.07, 6.45) is 2.10. The van der Waals surface area contributed by atoms with Crippen LogP contribution in [0.25, 0.3) is 10.9 Å². The van der Waals surface area contributed by atoms with Crippen molar-refractivity contribution < 1.29 is 13.2 Å². The fourth-order valence-corrected chi connectivity index (χ4v) is 6.47. The number of hydrogen-bond acceptors (Lipinski definition) is 6. The number of aromatic nitrogens is 2. The number of ether oxygens (including phenoxy) is 1. The smallest absolute Gasteiger partial charge is 0.330 e. The summed E-state index contributed by atoms with van der Waals surface area (Å²) in [7, 11) is -0.869. The molecule has 4 atom stereocenters. The number of hydrogen-bond donors (Lipinski definition) is 2. The summed E-state index contributed by atoms with van der Waals surface area (Å²) < 4.78 is 37.1. The molecule has 2 N–H and O–H groups in total. The lowest BCUT2D eigenvalue weighted by atomic mass is 9.74. The van der Waals surface area contributed by atoms with Crippen LogP contribution < -0.4 is 21.3 Å². The van der Waals surface area contributed by atoms with Gasteiger partial charge in [-0.25, -0.2) is 17.9 Å². The van der Waals surface area contributed by atoms with Gasteiger partial charge in [0.2, 0.25) is 10.0 Å². The van der Waals surface area contributed by atoms with Crippen molar-refractivity contribution in [3.63, 3.8) is 0 Å². The number of aryl methyl sites for hydroxylation is 1. The van der Waals surface area contributed by atoms with Crippen molar-refractivity contribution >= 4 is 20.9 Å². The van der Waals surface area contributed by atoms with Crippen LogP contribution in [0.15, 0.2) is 32.7 Å². The summed E-state index contributed by atoms with van der Waals surface area (Å²) in [5, 5.41) is 3.57. The Morgan fingerprint density at radius 2 is 2.07 bits per heavy atom. The molecule has 3 fully saturated rings. The van der Waals surface area contributed by atoms with Gasteiger partial charge in [0.25, 0.3) is 5.56 Å². The molecule has 29 heavy (non-hydrogen) atoms. The number of rotatable bonds is 4. The molecule has 0 amide bonds. The minimum Gasteiger partial charge on any atom is -0.370 e. The molecule has 9 nitrogen and oxygen atoms in total. The number of sulfonamides is 1.